The van der Waals surface area contributed by atoms with Crippen molar-refractivity contribution in [2.24, 2.45) is 27.9 Å². The van der Waals surface area contributed by atoms with Crippen molar-refractivity contribution in [1.82, 2.24) is 36.5 Å². The van der Waals surface area contributed by atoms with Crippen molar-refractivity contribution in [3.8, 4) is 0 Å². The molecule has 0 radical (unpaired) electrons. The number of nitrogens with zero attached hydrogens (tertiary/aromatic N) is 2. The third-order valence-electron chi connectivity index (χ3n) is 10.9. The maximum atomic E-state index is 14.4. The average molecular weight is 937 g/mol. The fourth-order valence-corrected chi connectivity index (χ4v) is 7.87. The number of para-hydroxylation sites is 1. The summed E-state index contributed by atoms with van der Waals surface area (Å²) in [5.41, 5.74) is 24.0. The molecule has 4 rings (SSSR count). The molecule has 1 fully saturated rings. The summed E-state index contributed by atoms with van der Waals surface area (Å²) in [7, 11) is 0. The first-order chi connectivity index (χ1) is 31.5. The number of fused-ring (bicyclic) bond motifs is 1. The van der Waals surface area contributed by atoms with Crippen molar-refractivity contribution in [2.75, 3.05) is 31.7 Å². The summed E-state index contributed by atoms with van der Waals surface area (Å²) < 4.78 is 0. The molecule has 1 aliphatic rings. The molecule has 0 bridgehead atoms. The van der Waals surface area contributed by atoms with Crippen LogP contribution in [0.1, 0.15) is 49.7 Å². The Balaban J connectivity index is 1.58. The lowest BCUT2D eigenvalue weighted by Gasteiger charge is -2.29. The number of thioether (sulfide) groups is 1. The Kier molecular flexibility index (Phi) is 20.2. The minimum Gasteiger partial charge on any atom is -0.480 e. The van der Waals surface area contributed by atoms with Crippen LogP contribution in [0, 0.1) is 0 Å². The molecule has 23 heteroatoms. The van der Waals surface area contributed by atoms with E-state index in [0.29, 0.717) is 35.1 Å². The first-order valence-electron chi connectivity index (χ1n) is 21.4. The fourth-order valence-electron chi connectivity index (χ4n) is 7.39. The molecule has 3 aromatic rings. The van der Waals surface area contributed by atoms with Gasteiger partial charge in [-0.3, -0.25) is 38.6 Å². The monoisotopic (exact) mass is 936 g/mol. The number of aliphatic carboxylic acids is 1. The van der Waals surface area contributed by atoms with E-state index < -0.39 is 103 Å². The van der Waals surface area contributed by atoms with Gasteiger partial charge in [0, 0.05) is 43.0 Å². The largest absolute Gasteiger partial charge is 0.480 e. The topological polar surface area (TPSA) is 373 Å². The van der Waals surface area contributed by atoms with Crippen LogP contribution in [0.2, 0.25) is 0 Å². The van der Waals surface area contributed by atoms with E-state index in [1.807, 2.05) is 0 Å². The Morgan fingerprint density at radius 2 is 1.39 bits per heavy atom. The highest BCUT2D eigenvalue weighted by molar-refractivity contribution is 7.98. The van der Waals surface area contributed by atoms with Crippen LogP contribution in [0.5, 0.6) is 0 Å². The number of amides is 7. The predicted octanol–water partition coefficient (Wildman–Crippen LogP) is -2.55. The molecule has 16 N–H and O–H groups in total. The summed E-state index contributed by atoms with van der Waals surface area (Å²) in [6.45, 7) is -0.555. The molecule has 0 saturated carbocycles. The van der Waals surface area contributed by atoms with Crippen molar-refractivity contribution in [3.63, 3.8) is 0 Å². The molecule has 0 spiro atoms. The maximum absolute atomic E-state index is 14.4. The van der Waals surface area contributed by atoms with E-state index in [0.717, 1.165) is 5.52 Å². The van der Waals surface area contributed by atoms with Gasteiger partial charge in [0.1, 0.15) is 36.3 Å². The third kappa shape index (κ3) is 15.5. The van der Waals surface area contributed by atoms with Gasteiger partial charge >= 0.3 is 5.97 Å². The SMILES string of the molecule is CSCC[C@H](NC(=O)[C@H](Cc1c[nH]c2ccccc12)NC(=O)[C@H](CC(N)=O)NC(=O)[C@H](CO)NC(=O)[C@@H](N)CCCN=C(N)N)C(=O)N[C@@H](Cc1ccccc1)C(=O)N1CCC[C@H]1C(=O)O. The number of carboxylic acid groups (broad SMARTS) is 1. The minimum atomic E-state index is -1.71. The molecule has 358 valence electrons. The number of benzene rings is 2. The number of carbonyl (C=O) groups excluding carboxylic acids is 7. The van der Waals surface area contributed by atoms with Gasteiger partial charge in [0.25, 0.3) is 0 Å². The minimum absolute atomic E-state index is 0.0258. The summed E-state index contributed by atoms with van der Waals surface area (Å²) in [4.78, 5) is 115. The number of aromatic amines is 1. The molecule has 7 amide bonds. The summed E-state index contributed by atoms with van der Waals surface area (Å²) in [5.74, 6) is -7.04. The number of hydrogen-bond acceptors (Lipinski definition) is 12. The molecule has 7 atom stereocenters. The Morgan fingerprint density at radius 3 is 2.06 bits per heavy atom. The van der Waals surface area contributed by atoms with E-state index in [4.69, 9.17) is 22.9 Å². The second-order valence-corrected chi connectivity index (χ2v) is 16.8. The molecule has 0 aliphatic carbocycles. The zero-order valence-electron chi connectivity index (χ0n) is 36.6. The molecule has 1 aliphatic heterocycles. The second kappa shape index (κ2) is 25.7. The molecular weight excluding hydrogens is 877 g/mol. The molecule has 2 aromatic carbocycles. The van der Waals surface area contributed by atoms with Crippen LogP contribution in [-0.2, 0) is 51.2 Å². The smallest absolute Gasteiger partial charge is 0.326 e. The number of aliphatic hydroxyl groups excluding tert-OH is 1. The van der Waals surface area contributed by atoms with Gasteiger partial charge in [-0.05, 0) is 61.3 Å². The van der Waals surface area contributed by atoms with E-state index in [-0.39, 0.29) is 51.2 Å². The zero-order chi connectivity index (χ0) is 48.3. The van der Waals surface area contributed by atoms with Gasteiger partial charge in [0.05, 0.1) is 19.1 Å². The highest BCUT2D eigenvalue weighted by atomic mass is 32.2. The number of H-pyrrole nitrogens is 1. The van der Waals surface area contributed by atoms with Crippen molar-refractivity contribution in [2.45, 2.75) is 93.7 Å². The van der Waals surface area contributed by atoms with Crippen LogP contribution in [0.4, 0.5) is 0 Å². The standard InChI is InChI=1S/C43H60N12O10S/c1-66-18-15-29(37(59)53-32(19-24-9-3-2-4-10-24)41(63)55-17-8-14-34(55)42(64)65)50-38(60)30(20-25-22-49-28-13-6-5-11-26(25)28)51-39(61)31(21-35(45)57)52-40(62)33(23-56)54-36(58)27(44)12-7-16-48-43(46)47/h2-6,9-11,13,22,27,29-34,49,56H,7-8,12,14-21,23,44H2,1H3,(H2,45,57)(H,50,60)(H,51,61)(H,52,62)(H,53,59)(H,54,58)(H,64,65)(H4,46,47,48)/t27-,29-,30-,31-,32-,33-,34-/m0/s1. The van der Waals surface area contributed by atoms with Crippen LogP contribution >= 0.6 is 11.8 Å². The van der Waals surface area contributed by atoms with Crippen LogP contribution in [0.3, 0.4) is 0 Å². The molecule has 66 heavy (non-hydrogen) atoms. The highest BCUT2D eigenvalue weighted by Gasteiger charge is 2.39. The Morgan fingerprint density at radius 1 is 0.788 bits per heavy atom. The maximum Gasteiger partial charge on any atom is 0.326 e. The van der Waals surface area contributed by atoms with Crippen molar-refractivity contribution in [3.05, 3.63) is 71.9 Å². The van der Waals surface area contributed by atoms with Gasteiger partial charge in [-0.2, -0.15) is 11.8 Å². The number of carboxylic acids is 1. The normalized spacial score (nSPS) is 16.1. The number of aliphatic hydroxyl groups is 1. The van der Waals surface area contributed by atoms with Gasteiger partial charge in [0.15, 0.2) is 5.96 Å². The van der Waals surface area contributed by atoms with Crippen molar-refractivity contribution < 1.29 is 48.6 Å². The number of likely N-dealkylation sites (tertiary alicyclic amines) is 1. The highest BCUT2D eigenvalue weighted by Crippen LogP contribution is 2.21. The Hall–Kier alpha value is -6.72. The van der Waals surface area contributed by atoms with E-state index >= 15 is 0 Å². The first-order valence-corrected chi connectivity index (χ1v) is 22.7. The number of primary amides is 1. The second-order valence-electron chi connectivity index (χ2n) is 15.8. The molecule has 2 heterocycles. The lowest BCUT2D eigenvalue weighted by Crippen LogP contribution is -2.61. The number of aromatic nitrogens is 1. The molecule has 22 nitrogen and oxygen atoms in total. The van der Waals surface area contributed by atoms with E-state index in [9.17, 15) is 48.6 Å². The summed E-state index contributed by atoms with van der Waals surface area (Å²) in [6.07, 6.45) is 3.78. The number of carbonyl (C=O) groups is 8. The number of nitrogens with one attached hydrogen (secondary N) is 6. The zero-order valence-corrected chi connectivity index (χ0v) is 37.4. The van der Waals surface area contributed by atoms with Crippen LogP contribution < -0.4 is 49.5 Å². The lowest BCUT2D eigenvalue weighted by atomic mass is 10.0. The summed E-state index contributed by atoms with van der Waals surface area (Å²) in [6, 6.07) is 6.56. The molecular formula is C43H60N12O10S. The average Bonchev–Trinajstić information content (AvgIpc) is 3.95. The van der Waals surface area contributed by atoms with Crippen molar-refractivity contribution in [1.29, 1.82) is 0 Å². The third-order valence-corrected chi connectivity index (χ3v) is 11.5. The van der Waals surface area contributed by atoms with E-state index in [1.54, 1.807) is 67.0 Å². The van der Waals surface area contributed by atoms with Gasteiger partial charge < -0.3 is 69.6 Å². The molecule has 1 saturated heterocycles. The fraction of sp³-hybridized carbons (Fsp3) is 0.465. The van der Waals surface area contributed by atoms with Gasteiger partial charge in [-0.25, -0.2) is 4.79 Å². The molecule has 1 aromatic heterocycles. The Bertz CT molecular complexity index is 2200. The summed E-state index contributed by atoms with van der Waals surface area (Å²) >= 11 is 1.39. The van der Waals surface area contributed by atoms with Crippen LogP contribution in [0.25, 0.3) is 10.9 Å². The summed E-state index contributed by atoms with van der Waals surface area (Å²) in [5, 5.41) is 33.3. The van der Waals surface area contributed by atoms with Gasteiger partial charge in [0.2, 0.25) is 41.4 Å². The van der Waals surface area contributed by atoms with Crippen molar-refractivity contribution >= 4 is 75.9 Å². The predicted molar refractivity (Wildman–Crippen MR) is 246 cm³/mol. The molecule has 0 unspecified atom stereocenters. The van der Waals surface area contributed by atoms with Gasteiger partial charge in [-0.15, -0.1) is 0 Å². The van der Waals surface area contributed by atoms with Crippen LogP contribution in [-0.4, -0.2) is 147 Å². The van der Waals surface area contributed by atoms with Crippen LogP contribution in [0.15, 0.2) is 65.8 Å². The Labute approximate surface area is 385 Å². The first kappa shape index (κ1) is 51.9. The lowest BCUT2D eigenvalue weighted by molar-refractivity contribution is -0.149. The number of rotatable bonds is 26. The number of guanidine groups is 1. The number of aliphatic imine (C=N–C) groups is 1. The quantitative estimate of drug-likeness (QED) is 0.0224. The number of nitrogens with two attached hydrogens (primary N) is 4. The van der Waals surface area contributed by atoms with E-state index in [2.05, 4.69) is 36.6 Å². The number of hydrogen-bond donors (Lipinski definition) is 12. The van der Waals surface area contributed by atoms with Gasteiger partial charge in [-0.1, -0.05) is 48.5 Å². The van der Waals surface area contributed by atoms with E-state index in [1.165, 1.54) is 16.7 Å².